The Labute approximate surface area is 148 Å². The quantitative estimate of drug-likeness (QED) is 0.913. The molecule has 2 aromatic rings. The number of nitrogen functional groups attached to an aromatic ring is 1. The third-order valence-corrected chi connectivity index (χ3v) is 4.53. The zero-order valence-electron chi connectivity index (χ0n) is 15.0. The summed E-state index contributed by atoms with van der Waals surface area (Å²) >= 11 is 0. The summed E-state index contributed by atoms with van der Waals surface area (Å²) in [5.41, 5.74) is 7.79. The van der Waals surface area contributed by atoms with E-state index in [0.29, 0.717) is 17.7 Å². The van der Waals surface area contributed by atoms with E-state index in [9.17, 15) is 0 Å². The van der Waals surface area contributed by atoms with Crippen LogP contribution in [0.15, 0.2) is 18.2 Å². The molecule has 7 nitrogen and oxygen atoms in total. The van der Waals surface area contributed by atoms with E-state index in [1.165, 1.54) is 6.42 Å². The van der Waals surface area contributed by atoms with Gasteiger partial charge < -0.3 is 20.1 Å². The lowest BCUT2D eigenvalue weighted by Crippen LogP contribution is -2.30. The number of aromatic nitrogens is 3. The first-order valence-corrected chi connectivity index (χ1v) is 8.59. The van der Waals surface area contributed by atoms with Gasteiger partial charge in [0.2, 0.25) is 17.7 Å². The molecule has 1 saturated heterocycles. The summed E-state index contributed by atoms with van der Waals surface area (Å²) in [5.74, 6) is 2.30. The highest BCUT2D eigenvalue weighted by Crippen LogP contribution is 2.37. The van der Waals surface area contributed by atoms with Gasteiger partial charge in [0.15, 0.2) is 0 Å². The molecule has 1 atom stereocenters. The van der Waals surface area contributed by atoms with Crippen molar-refractivity contribution in [2.45, 2.75) is 38.6 Å². The van der Waals surface area contributed by atoms with Gasteiger partial charge >= 0.3 is 0 Å². The normalized spacial score (nSPS) is 17.9. The van der Waals surface area contributed by atoms with Crippen molar-refractivity contribution in [3.8, 4) is 11.8 Å². The van der Waals surface area contributed by atoms with E-state index in [1.54, 1.807) is 14.2 Å². The molecule has 2 aromatic heterocycles. The molecule has 3 rings (SSSR count). The summed E-state index contributed by atoms with van der Waals surface area (Å²) < 4.78 is 10.8. The topological polar surface area (TPSA) is 86.4 Å². The lowest BCUT2D eigenvalue weighted by molar-refractivity contribution is 0.357. The largest absolute Gasteiger partial charge is 0.481 e. The molecule has 1 aliphatic heterocycles. The van der Waals surface area contributed by atoms with Gasteiger partial charge in [0.1, 0.15) is 5.82 Å². The van der Waals surface area contributed by atoms with Gasteiger partial charge in [-0.3, -0.25) is 0 Å². The second-order valence-electron chi connectivity index (χ2n) is 6.24. The van der Waals surface area contributed by atoms with E-state index in [2.05, 4.69) is 19.9 Å². The van der Waals surface area contributed by atoms with Crippen LogP contribution in [0.4, 0.5) is 11.8 Å². The van der Waals surface area contributed by atoms with Gasteiger partial charge in [0.05, 0.1) is 20.3 Å². The van der Waals surface area contributed by atoms with Crippen LogP contribution in [0.1, 0.15) is 43.0 Å². The van der Waals surface area contributed by atoms with E-state index in [1.807, 2.05) is 25.1 Å². The molecule has 2 N–H and O–H groups in total. The van der Waals surface area contributed by atoms with E-state index in [4.69, 9.17) is 15.2 Å². The lowest BCUT2D eigenvalue weighted by Gasteiger charge is -2.32. The number of hydrogen-bond acceptors (Lipinski definition) is 7. The number of methoxy groups -OCH3 is 2. The Bertz CT molecular complexity index is 717. The van der Waals surface area contributed by atoms with Crippen LogP contribution in [0.3, 0.4) is 0 Å². The maximum absolute atomic E-state index is 5.88. The third-order valence-electron chi connectivity index (χ3n) is 4.53. The minimum Gasteiger partial charge on any atom is -0.481 e. The average molecular weight is 343 g/mol. The van der Waals surface area contributed by atoms with E-state index in [-0.39, 0.29) is 6.04 Å². The molecule has 134 valence electrons. The van der Waals surface area contributed by atoms with Crippen molar-refractivity contribution in [3.63, 3.8) is 0 Å². The highest BCUT2D eigenvalue weighted by Gasteiger charge is 2.27. The summed E-state index contributed by atoms with van der Waals surface area (Å²) in [6.45, 7) is 2.85. The Morgan fingerprint density at radius 2 is 1.92 bits per heavy atom. The molecule has 0 bridgehead atoms. The Hall–Kier alpha value is -2.57. The van der Waals surface area contributed by atoms with Gasteiger partial charge in [-0.25, -0.2) is 4.98 Å². The number of nitrogens with two attached hydrogens (primary N) is 1. The van der Waals surface area contributed by atoms with E-state index < -0.39 is 0 Å². The number of pyridine rings is 1. The first-order chi connectivity index (χ1) is 12.1. The molecule has 1 aliphatic rings. The molecule has 0 aromatic carbocycles. The fourth-order valence-electron chi connectivity index (χ4n) is 3.39. The van der Waals surface area contributed by atoms with E-state index in [0.717, 1.165) is 42.9 Å². The first kappa shape index (κ1) is 17.3. The van der Waals surface area contributed by atoms with Gasteiger partial charge in [-0.2, -0.15) is 9.97 Å². The SMILES string of the molecule is COc1ccc([C@@H]2CCCCCN2c2cc(C)nc(N)n2)c(OC)n1. The lowest BCUT2D eigenvalue weighted by atomic mass is 10.0. The van der Waals surface area contributed by atoms with Crippen molar-refractivity contribution in [2.75, 3.05) is 31.4 Å². The number of hydrogen-bond donors (Lipinski definition) is 1. The fourth-order valence-corrected chi connectivity index (χ4v) is 3.39. The maximum Gasteiger partial charge on any atom is 0.222 e. The first-order valence-electron chi connectivity index (χ1n) is 8.59. The second-order valence-corrected chi connectivity index (χ2v) is 6.24. The van der Waals surface area contributed by atoms with Crippen LogP contribution < -0.4 is 20.1 Å². The van der Waals surface area contributed by atoms with Crippen LogP contribution in [-0.2, 0) is 0 Å². The van der Waals surface area contributed by atoms with Gasteiger partial charge in [-0.15, -0.1) is 0 Å². The maximum atomic E-state index is 5.88. The van der Waals surface area contributed by atoms with Crippen molar-refractivity contribution in [3.05, 3.63) is 29.5 Å². The van der Waals surface area contributed by atoms with Crippen molar-refractivity contribution < 1.29 is 9.47 Å². The highest BCUT2D eigenvalue weighted by molar-refractivity contribution is 5.48. The minimum absolute atomic E-state index is 0.129. The van der Waals surface area contributed by atoms with Crippen LogP contribution in [0, 0.1) is 6.92 Å². The number of rotatable bonds is 4. The van der Waals surface area contributed by atoms with Gasteiger partial charge in [0, 0.05) is 29.9 Å². The molecular formula is C18H25N5O2. The smallest absolute Gasteiger partial charge is 0.222 e. The molecule has 0 unspecified atom stereocenters. The predicted molar refractivity (Wildman–Crippen MR) is 97.1 cm³/mol. The molecule has 0 spiro atoms. The summed E-state index contributed by atoms with van der Waals surface area (Å²) in [6, 6.07) is 6.02. The van der Waals surface area contributed by atoms with Gasteiger partial charge in [0.25, 0.3) is 0 Å². The van der Waals surface area contributed by atoms with Gasteiger partial charge in [-0.05, 0) is 25.8 Å². The van der Waals surface area contributed by atoms with Crippen molar-refractivity contribution in [1.29, 1.82) is 0 Å². The molecule has 25 heavy (non-hydrogen) atoms. The molecular weight excluding hydrogens is 318 g/mol. The number of aryl methyl sites for hydroxylation is 1. The molecule has 0 radical (unpaired) electrons. The molecule has 1 fully saturated rings. The number of nitrogens with zero attached hydrogens (tertiary/aromatic N) is 4. The van der Waals surface area contributed by atoms with Gasteiger partial charge in [-0.1, -0.05) is 12.8 Å². The summed E-state index contributed by atoms with van der Waals surface area (Å²) in [7, 11) is 3.24. The van der Waals surface area contributed by atoms with Crippen LogP contribution in [0.2, 0.25) is 0 Å². The summed E-state index contributed by atoms with van der Waals surface area (Å²) in [5, 5.41) is 0. The van der Waals surface area contributed by atoms with Crippen LogP contribution >= 0.6 is 0 Å². The predicted octanol–water partition coefficient (Wildman–Crippen LogP) is 2.90. The number of anilines is 2. The summed E-state index contributed by atoms with van der Waals surface area (Å²) in [6.07, 6.45) is 4.47. The Balaban J connectivity index is 2.04. The monoisotopic (exact) mass is 343 g/mol. The second kappa shape index (κ2) is 7.55. The summed E-state index contributed by atoms with van der Waals surface area (Å²) in [4.78, 5) is 15.4. The molecule has 7 heteroatoms. The molecule has 0 aliphatic carbocycles. The number of ether oxygens (including phenoxy) is 2. The third kappa shape index (κ3) is 3.75. The standard InChI is InChI=1S/C18H25N5O2/c1-12-11-15(21-18(19)20-12)23-10-6-4-5-7-14(23)13-8-9-16(24-2)22-17(13)25-3/h8-9,11,14H,4-7,10H2,1-3H3,(H2,19,20,21)/t14-/m0/s1. The zero-order valence-corrected chi connectivity index (χ0v) is 15.0. The Morgan fingerprint density at radius 3 is 2.64 bits per heavy atom. The van der Waals surface area contributed by atoms with Crippen LogP contribution in [0.5, 0.6) is 11.8 Å². The van der Waals surface area contributed by atoms with Crippen LogP contribution in [0.25, 0.3) is 0 Å². The average Bonchev–Trinajstić information content (AvgIpc) is 2.86. The molecule has 0 amide bonds. The Kier molecular flexibility index (Phi) is 5.21. The van der Waals surface area contributed by atoms with Crippen molar-refractivity contribution >= 4 is 11.8 Å². The Morgan fingerprint density at radius 1 is 1.08 bits per heavy atom. The minimum atomic E-state index is 0.129. The fraction of sp³-hybridized carbons (Fsp3) is 0.500. The van der Waals surface area contributed by atoms with Crippen molar-refractivity contribution in [1.82, 2.24) is 15.0 Å². The highest BCUT2D eigenvalue weighted by atomic mass is 16.5. The molecule has 3 heterocycles. The van der Waals surface area contributed by atoms with Crippen LogP contribution in [-0.4, -0.2) is 35.7 Å². The van der Waals surface area contributed by atoms with E-state index >= 15 is 0 Å². The van der Waals surface area contributed by atoms with Crippen molar-refractivity contribution in [2.24, 2.45) is 0 Å². The molecule has 0 saturated carbocycles. The zero-order chi connectivity index (χ0) is 17.8.